The molecule has 0 saturated carbocycles. The van der Waals surface area contributed by atoms with Crippen LogP contribution < -0.4 is 10.2 Å². The maximum Gasteiger partial charge on any atom is 0.151 e. The van der Waals surface area contributed by atoms with Gasteiger partial charge >= 0.3 is 0 Å². The molecule has 2 heterocycles. The maximum absolute atomic E-state index is 4.46. The summed E-state index contributed by atoms with van der Waals surface area (Å²) in [7, 11) is 2.00. The SMILES string of the molecule is Cc1nc(CN(C)c2ccc(CNC(C)C)nn2)cs1. The van der Waals surface area contributed by atoms with Crippen LogP contribution >= 0.6 is 11.3 Å². The molecule has 1 N–H and O–H groups in total. The van der Waals surface area contributed by atoms with E-state index in [4.69, 9.17) is 0 Å². The Bertz CT molecular complexity index is 535. The lowest BCUT2D eigenvalue weighted by Gasteiger charge is -2.16. The zero-order chi connectivity index (χ0) is 14.5. The second-order valence-electron chi connectivity index (χ2n) is 5.13. The first-order valence-corrected chi connectivity index (χ1v) is 7.60. The highest BCUT2D eigenvalue weighted by atomic mass is 32.1. The van der Waals surface area contributed by atoms with Crippen LogP contribution in [0.15, 0.2) is 17.5 Å². The summed E-state index contributed by atoms with van der Waals surface area (Å²) in [6.45, 7) is 7.75. The largest absolute Gasteiger partial charge is 0.352 e. The van der Waals surface area contributed by atoms with Crippen LogP contribution in [0.4, 0.5) is 5.82 Å². The molecule has 0 aliphatic rings. The number of hydrogen-bond acceptors (Lipinski definition) is 6. The number of aromatic nitrogens is 3. The zero-order valence-electron chi connectivity index (χ0n) is 12.4. The van der Waals surface area contributed by atoms with Gasteiger partial charge in [0.2, 0.25) is 0 Å². The Morgan fingerprint density at radius 2 is 2.05 bits per heavy atom. The third kappa shape index (κ3) is 4.25. The summed E-state index contributed by atoms with van der Waals surface area (Å²) < 4.78 is 0. The normalized spacial score (nSPS) is 11.1. The Kier molecular flexibility index (Phi) is 5.03. The van der Waals surface area contributed by atoms with Gasteiger partial charge in [-0.05, 0) is 19.1 Å². The molecule has 0 unspecified atom stereocenters. The summed E-state index contributed by atoms with van der Waals surface area (Å²) in [6.07, 6.45) is 0. The minimum Gasteiger partial charge on any atom is -0.352 e. The first-order chi connectivity index (χ1) is 9.54. The molecule has 2 aromatic heterocycles. The third-order valence-electron chi connectivity index (χ3n) is 2.85. The molecule has 2 aromatic rings. The lowest BCUT2D eigenvalue weighted by Crippen LogP contribution is -2.23. The predicted molar refractivity (Wildman–Crippen MR) is 83.0 cm³/mol. The van der Waals surface area contributed by atoms with Crippen LogP contribution in [-0.4, -0.2) is 28.3 Å². The summed E-state index contributed by atoms with van der Waals surface area (Å²) in [5, 5.41) is 15.0. The van der Waals surface area contributed by atoms with E-state index in [1.165, 1.54) is 0 Å². The predicted octanol–water partition coefficient (Wildman–Crippen LogP) is 2.38. The van der Waals surface area contributed by atoms with Crippen molar-refractivity contribution in [3.05, 3.63) is 33.9 Å². The van der Waals surface area contributed by atoms with Gasteiger partial charge in [0, 0.05) is 25.0 Å². The van der Waals surface area contributed by atoms with Gasteiger partial charge in [-0.15, -0.1) is 16.4 Å². The van der Waals surface area contributed by atoms with Gasteiger partial charge in [-0.1, -0.05) is 13.8 Å². The first kappa shape index (κ1) is 14.9. The molecule has 0 spiro atoms. The van der Waals surface area contributed by atoms with E-state index in [9.17, 15) is 0 Å². The quantitative estimate of drug-likeness (QED) is 0.885. The van der Waals surface area contributed by atoms with Crippen LogP contribution in [0.25, 0.3) is 0 Å². The third-order valence-corrected chi connectivity index (χ3v) is 3.68. The fourth-order valence-corrected chi connectivity index (χ4v) is 2.37. The van der Waals surface area contributed by atoms with Crippen molar-refractivity contribution >= 4 is 17.2 Å². The van der Waals surface area contributed by atoms with E-state index in [2.05, 4.69) is 44.6 Å². The fourth-order valence-electron chi connectivity index (χ4n) is 1.76. The highest BCUT2D eigenvalue weighted by Gasteiger charge is 2.07. The smallest absolute Gasteiger partial charge is 0.151 e. The average molecular weight is 291 g/mol. The molecule has 6 heteroatoms. The Balaban J connectivity index is 1.94. The van der Waals surface area contributed by atoms with Crippen molar-refractivity contribution in [2.24, 2.45) is 0 Å². The molecule has 0 bridgehead atoms. The summed E-state index contributed by atoms with van der Waals surface area (Å²) in [6, 6.07) is 4.47. The molecule has 108 valence electrons. The van der Waals surface area contributed by atoms with Crippen molar-refractivity contribution < 1.29 is 0 Å². The molecular formula is C14H21N5S. The van der Waals surface area contributed by atoms with Crippen LogP contribution in [0.1, 0.15) is 30.2 Å². The average Bonchev–Trinajstić information content (AvgIpc) is 2.82. The van der Waals surface area contributed by atoms with Gasteiger partial charge in [-0.2, -0.15) is 5.10 Å². The molecule has 0 aromatic carbocycles. The highest BCUT2D eigenvalue weighted by molar-refractivity contribution is 7.09. The van der Waals surface area contributed by atoms with Gasteiger partial charge in [0.25, 0.3) is 0 Å². The van der Waals surface area contributed by atoms with Crippen LogP contribution in [0.5, 0.6) is 0 Å². The number of anilines is 1. The number of hydrogen-bond donors (Lipinski definition) is 1. The van der Waals surface area contributed by atoms with Crippen LogP contribution in [0.3, 0.4) is 0 Å². The molecule has 0 amide bonds. The van der Waals surface area contributed by atoms with Gasteiger partial charge in [0.1, 0.15) is 0 Å². The summed E-state index contributed by atoms with van der Waals surface area (Å²) in [4.78, 5) is 6.52. The fraction of sp³-hybridized carbons (Fsp3) is 0.500. The van der Waals surface area contributed by atoms with E-state index in [0.717, 1.165) is 35.3 Å². The molecule has 0 fully saturated rings. The van der Waals surface area contributed by atoms with E-state index >= 15 is 0 Å². The monoisotopic (exact) mass is 291 g/mol. The van der Waals surface area contributed by atoms with E-state index in [1.807, 2.05) is 26.1 Å². The van der Waals surface area contributed by atoms with Crippen molar-refractivity contribution in [1.82, 2.24) is 20.5 Å². The number of rotatable bonds is 6. The number of thiazole rings is 1. The standard InChI is InChI=1S/C14H21N5S/c1-10(2)15-7-12-5-6-14(18-17-12)19(4)8-13-9-20-11(3)16-13/h5-6,9-10,15H,7-8H2,1-4H3. The van der Waals surface area contributed by atoms with Gasteiger partial charge in [-0.3, -0.25) is 0 Å². The molecule has 0 aliphatic carbocycles. The Hall–Kier alpha value is -1.53. The van der Waals surface area contributed by atoms with E-state index < -0.39 is 0 Å². The van der Waals surface area contributed by atoms with Crippen LogP contribution in [-0.2, 0) is 13.1 Å². The minimum absolute atomic E-state index is 0.451. The highest BCUT2D eigenvalue weighted by Crippen LogP contribution is 2.14. The van der Waals surface area contributed by atoms with Crippen molar-refractivity contribution in [2.45, 2.75) is 39.9 Å². The van der Waals surface area contributed by atoms with Crippen molar-refractivity contribution in [3.63, 3.8) is 0 Å². The molecule has 0 atom stereocenters. The van der Waals surface area contributed by atoms with Gasteiger partial charge in [-0.25, -0.2) is 4.98 Å². The molecule has 5 nitrogen and oxygen atoms in total. The molecule has 0 aliphatic heterocycles. The van der Waals surface area contributed by atoms with Crippen molar-refractivity contribution in [3.8, 4) is 0 Å². The van der Waals surface area contributed by atoms with Crippen LogP contribution in [0, 0.1) is 6.92 Å². The van der Waals surface area contributed by atoms with Gasteiger partial charge < -0.3 is 10.2 Å². The lowest BCUT2D eigenvalue weighted by molar-refractivity contribution is 0.577. The second-order valence-corrected chi connectivity index (χ2v) is 6.19. The molecule has 0 saturated heterocycles. The minimum atomic E-state index is 0.451. The Morgan fingerprint density at radius 3 is 2.60 bits per heavy atom. The molecule has 2 rings (SSSR count). The molecule has 20 heavy (non-hydrogen) atoms. The summed E-state index contributed by atoms with van der Waals surface area (Å²) in [5.41, 5.74) is 2.03. The maximum atomic E-state index is 4.46. The van der Waals surface area contributed by atoms with E-state index in [1.54, 1.807) is 11.3 Å². The van der Waals surface area contributed by atoms with Crippen molar-refractivity contribution in [2.75, 3.05) is 11.9 Å². The number of nitrogens with zero attached hydrogens (tertiary/aromatic N) is 4. The summed E-state index contributed by atoms with van der Waals surface area (Å²) >= 11 is 1.67. The lowest BCUT2D eigenvalue weighted by atomic mass is 10.3. The topological polar surface area (TPSA) is 53.9 Å². The molecular weight excluding hydrogens is 270 g/mol. The van der Waals surface area contributed by atoms with Gasteiger partial charge in [0.15, 0.2) is 5.82 Å². The number of aryl methyl sites for hydroxylation is 1. The second kappa shape index (κ2) is 6.76. The van der Waals surface area contributed by atoms with E-state index in [0.29, 0.717) is 6.04 Å². The van der Waals surface area contributed by atoms with Crippen molar-refractivity contribution in [1.29, 1.82) is 0 Å². The van der Waals surface area contributed by atoms with Gasteiger partial charge in [0.05, 0.1) is 22.9 Å². The Morgan fingerprint density at radius 1 is 1.25 bits per heavy atom. The van der Waals surface area contributed by atoms with E-state index in [-0.39, 0.29) is 0 Å². The molecule has 0 radical (unpaired) electrons. The Labute approximate surface area is 124 Å². The number of nitrogens with one attached hydrogen (secondary N) is 1. The van der Waals surface area contributed by atoms with Crippen LogP contribution in [0.2, 0.25) is 0 Å². The summed E-state index contributed by atoms with van der Waals surface area (Å²) in [5.74, 6) is 0.865. The zero-order valence-corrected chi connectivity index (χ0v) is 13.2. The first-order valence-electron chi connectivity index (χ1n) is 6.72.